The maximum absolute atomic E-state index is 12.6. The summed E-state index contributed by atoms with van der Waals surface area (Å²) in [5.41, 5.74) is 2.78. The van der Waals surface area contributed by atoms with E-state index in [1.807, 2.05) is 60.7 Å². The third-order valence-electron chi connectivity index (χ3n) is 6.11. The minimum absolute atomic E-state index is 0.0903. The van der Waals surface area contributed by atoms with Gasteiger partial charge in [-0.1, -0.05) is 36.4 Å². The molecule has 7 nitrogen and oxygen atoms in total. The number of fused-ring (bicyclic) bond motifs is 1. The van der Waals surface area contributed by atoms with Crippen LogP contribution in [0.5, 0.6) is 17.2 Å². The number of phenolic OH excluding ortho intramolecular Hbond substituents is 1. The largest absolute Gasteiger partial charge is 0.508 e. The standard InChI is InChI=1S/C27H27NO6/c29-21-10-6-18(7-11-21)8-12-22-15-23(34-27(30)28-20-4-2-1-3-5-20)16-25(33-22)19-9-13-24-26(14-19)32-17-31-24/h1-7,9-11,13-14,22-23,25,29H,8,12,15-17H2,(H,28,30)/t22-,23+,25-/m0/s1. The molecule has 34 heavy (non-hydrogen) atoms. The molecule has 2 heterocycles. The van der Waals surface area contributed by atoms with Crippen LogP contribution >= 0.6 is 0 Å². The minimum atomic E-state index is -0.472. The zero-order valence-corrected chi connectivity index (χ0v) is 18.7. The third kappa shape index (κ3) is 5.43. The van der Waals surface area contributed by atoms with E-state index in [2.05, 4.69) is 5.32 Å². The van der Waals surface area contributed by atoms with Crippen LogP contribution in [0.2, 0.25) is 0 Å². The fourth-order valence-corrected chi connectivity index (χ4v) is 4.39. The van der Waals surface area contributed by atoms with Crippen LogP contribution < -0.4 is 14.8 Å². The van der Waals surface area contributed by atoms with Crippen molar-refractivity contribution in [3.8, 4) is 17.2 Å². The number of hydrogen-bond acceptors (Lipinski definition) is 6. The Morgan fingerprint density at radius 3 is 2.59 bits per heavy atom. The number of ether oxygens (including phenoxy) is 4. The van der Waals surface area contributed by atoms with Crippen molar-refractivity contribution in [2.24, 2.45) is 0 Å². The summed E-state index contributed by atoms with van der Waals surface area (Å²) in [6, 6.07) is 22.3. The fraction of sp³-hybridized carbons (Fsp3) is 0.296. The fourth-order valence-electron chi connectivity index (χ4n) is 4.39. The Kier molecular flexibility index (Phi) is 6.53. The molecule has 2 aliphatic rings. The summed E-state index contributed by atoms with van der Waals surface area (Å²) in [4.78, 5) is 12.6. The van der Waals surface area contributed by atoms with Gasteiger partial charge >= 0.3 is 6.09 Å². The predicted molar refractivity (Wildman–Crippen MR) is 126 cm³/mol. The molecule has 5 rings (SSSR count). The van der Waals surface area contributed by atoms with Gasteiger partial charge in [0.2, 0.25) is 6.79 Å². The van der Waals surface area contributed by atoms with E-state index in [1.165, 1.54) is 0 Å². The Hall–Kier alpha value is -3.71. The molecule has 0 spiro atoms. The molecule has 3 atom stereocenters. The van der Waals surface area contributed by atoms with Crippen molar-refractivity contribution in [3.63, 3.8) is 0 Å². The van der Waals surface area contributed by atoms with Gasteiger partial charge in [-0.15, -0.1) is 0 Å². The van der Waals surface area contributed by atoms with E-state index in [9.17, 15) is 9.90 Å². The first-order valence-electron chi connectivity index (χ1n) is 11.5. The average Bonchev–Trinajstić information content (AvgIpc) is 3.32. The van der Waals surface area contributed by atoms with Crippen LogP contribution in [0.1, 0.15) is 36.5 Å². The number of carbonyl (C=O) groups is 1. The summed E-state index contributed by atoms with van der Waals surface area (Å²) in [5, 5.41) is 12.3. The predicted octanol–water partition coefficient (Wildman–Crippen LogP) is 5.59. The molecule has 0 aliphatic carbocycles. The highest BCUT2D eigenvalue weighted by Gasteiger charge is 2.33. The van der Waals surface area contributed by atoms with E-state index in [0.717, 1.165) is 29.7 Å². The topological polar surface area (TPSA) is 86.3 Å². The van der Waals surface area contributed by atoms with Crippen LogP contribution in [0.25, 0.3) is 0 Å². The van der Waals surface area contributed by atoms with Crippen LogP contribution in [0.4, 0.5) is 10.5 Å². The molecule has 0 unspecified atom stereocenters. The number of aryl methyl sites for hydroxylation is 1. The Labute approximate surface area is 198 Å². The molecule has 0 bridgehead atoms. The van der Waals surface area contributed by atoms with Crippen molar-refractivity contribution in [3.05, 3.63) is 83.9 Å². The number of phenols is 1. The molecule has 3 aromatic rings. The Bertz CT molecular complexity index is 1120. The molecular formula is C27H27NO6. The number of anilines is 1. The normalized spacial score (nSPS) is 21.1. The van der Waals surface area contributed by atoms with Gasteiger partial charge in [-0.2, -0.15) is 0 Å². The molecule has 2 aliphatic heterocycles. The second-order valence-electron chi connectivity index (χ2n) is 8.55. The molecule has 0 aromatic heterocycles. The maximum atomic E-state index is 12.6. The Morgan fingerprint density at radius 2 is 1.76 bits per heavy atom. The van der Waals surface area contributed by atoms with Crippen LogP contribution in [0.3, 0.4) is 0 Å². The smallest absolute Gasteiger partial charge is 0.411 e. The zero-order chi connectivity index (χ0) is 23.3. The number of para-hydroxylation sites is 1. The Balaban J connectivity index is 1.28. The summed E-state index contributed by atoms with van der Waals surface area (Å²) in [6.45, 7) is 0.213. The number of amides is 1. The molecule has 1 fully saturated rings. The first kappa shape index (κ1) is 22.1. The number of carbonyl (C=O) groups excluding carboxylic acids is 1. The van der Waals surface area contributed by atoms with Gasteiger partial charge in [0.15, 0.2) is 11.5 Å². The van der Waals surface area contributed by atoms with Gasteiger partial charge in [0.25, 0.3) is 0 Å². The number of nitrogens with one attached hydrogen (secondary N) is 1. The van der Waals surface area contributed by atoms with E-state index < -0.39 is 6.09 Å². The summed E-state index contributed by atoms with van der Waals surface area (Å²) in [5.74, 6) is 1.67. The molecular weight excluding hydrogens is 434 g/mol. The van der Waals surface area contributed by atoms with Crippen LogP contribution in [-0.4, -0.2) is 30.2 Å². The zero-order valence-electron chi connectivity index (χ0n) is 18.7. The van der Waals surface area contributed by atoms with Crippen molar-refractivity contribution in [1.29, 1.82) is 0 Å². The molecule has 1 amide bonds. The quantitative estimate of drug-likeness (QED) is 0.498. The van der Waals surface area contributed by atoms with Crippen molar-refractivity contribution in [2.75, 3.05) is 12.1 Å². The summed E-state index contributed by atoms with van der Waals surface area (Å²) in [6.07, 6.45) is 1.64. The lowest BCUT2D eigenvalue weighted by Gasteiger charge is -2.35. The molecule has 3 aromatic carbocycles. The van der Waals surface area contributed by atoms with Gasteiger partial charge in [-0.05, 0) is 60.4 Å². The van der Waals surface area contributed by atoms with Crippen molar-refractivity contribution in [1.82, 2.24) is 0 Å². The number of aromatic hydroxyl groups is 1. The highest BCUT2D eigenvalue weighted by molar-refractivity contribution is 5.84. The highest BCUT2D eigenvalue weighted by atomic mass is 16.7. The Morgan fingerprint density at radius 1 is 0.971 bits per heavy atom. The van der Waals surface area contributed by atoms with Crippen LogP contribution in [0.15, 0.2) is 72.8 Å². The number of benzene rings is 3. The molecule has 0 saturated carbocycles. The minimum Gasteiger partial charge on any atom is -0.508 e. The monoisotopic (exact) mass is 461 g/mol. The van der Waals surface area contributed by atoms with E-state index in [1.54, 1.807) is 12.1 Å². The average molecular weight is 462 g/mol. The van der Waals surface area contributed by atoms with Gasteiger partial charge in [0, 0.05) is 18.5 Å². The molecule has 2 N–H and O–H groups in total. The number of hydrogen-bond donors (Lipinski definition) is 2. The SMILES string of the molecule is O=C(Nc1ccccc1)O[C@@H]1C[C@H](CCc2ccc(O)cc2)O[C@H](c2ccc3c(c2)OCO3)C1. The van der Waals surface area contributed by atoms with Gasteiger partial charge in [-0.25, -0.2) is 4.79 Å². The van der Waals surface area contributed by atoms with Crippen molar-refractivity contribution >= 4 is 11.8 Å². The first-order chi connectivity index (χ1) is 16.6. The van der Waals surface area contributed by atoms with Crippen molar-refractivity contribution in [2.45, 2.75) is 44.0 Å². The van der Waals surface area contributed by atoms with Crippen molar-refractivity contribution < 1.29 is 28.8 Å². The van der Waals surface area contributed by atoms with E-state index in [-0.39, 0.29) is 30.9 Å². The third-order valence-corrected chi connectivity index (χ3v) is 6.11. The lowest BCUT2D eigenvalue weighted by Crippen LogP contribution is -2.35. The molecule has 0 radical (unpaired) electrons. The van der Waals surface area contributed by atoms with E-state index in [4.69, 9.17) is 18.9 Å². The lowest BCUT2D eigenvalue weighted by atomic mass is 9.93. The molecule has 7 heteroatoms. The van der Waals surface area contributed by atoms with E-state index in [0.29, 0.717) is 24.3 Å². The molecule has 176 valence electrons. The highest BCUT2D eigenvalue weighted by Crippen LogP contribution is 2.39. The van der Waals surface area contributed by atoms with Gasteiger partial charge in [0.05, 0.1) is 12.2 Å². The van der Waals surface area contributed by atoms with E-state index >= 15 is 0 Å². The second kappa shape index (κ2) is 10.1. The summed E-state index contributed by atoms with van der Waals surface area (Å²) >= 11 is 0. The van der Waals surface area contributed by atoms with Gasteiger partial charge in [-0.3, -0.25) is 5.32 Å². The lowest BCUT2D eigenvalue weighted by molar-refractivity contribution is -0.100. The second-order valence-corrected chi connectivity index (χ2v) is 8.55. The summed E-state index contributed by atoms with van der Waals surface area (Å²) < 4.78 is 23.2. The van der Waals surface area contributed by atoms with Crippen LogP contribution in [0, 0.1) is 0 Å². The van der Waals surface area contributed by atoms with Gasteiger partial charge in [0.1, 0.15) is 11.9 Å². The van der Waals surface area contributed by atoms with Gasteiger partial charge < -0.3 is 24.1 Å². The van der Waals surface area contributed by atoms with Crippen LogP contribution in [-0.2, 0) is 15.9 Å². The molecule has 1 saturated heterocycles. The number of rotatable bonds is 6. The maximum Gasteiger partial charge on any atom is 0.411 e. The first-order valence-corrected chi connectivity index (χ1v) is 11.5. The summed E-state index contributed by atoms with van der Waals surface area (Å²) in [7, 11) is 0.